The first-order chi connectivity index (χ1) is 17.9. The van der Waals surface area contributed by atoms with Crippen LogP contribution >= 0.6 is 22.7 Å². The number of benzene rings is 3. The Labute approximate surface area is 223 Å². The number of sulfonamides is 2. The van der Waals surface area contributed by atoms with Gasteiger partial charge in [0.2, 0.25) is 20.0 Å². The number of amides is 2. The molecular formula is C22H16N6O6S4. The third kappa shape index (κ3) is 5.40. The quantitative estimate of drug-likeness (QED) is 0.231. The van der Waals surface area contributed by atoms with E-state index in [2.05, 4.69) is 20.6 Å². The molecule has 0 aliphatic heterocycles. The van der Waals surface area contributed by atoms with Crippen LogP contribution in [-0.2, 0) is 20.0 Å². The van der Waals surface area contributed by atoms with E-state index >= 15 is 0 Å². The summed E-state index contributed by atoms with van der Waals surface area (Å²) in [6, 6.07) is 14.3. The zero-order chi connectivity index (χ0) is 27.2. The van der Waals surface area contributed by atoms with E-state index in [1.807, 2.05) is 0 Å². The molecule has 2 aromatic heterocycles. The number of thiazole rings is 2. The molecule has 6 N–H and O–H groups in total. The summed E-state index contributed by atoms with van der Waals surface area (Å²) in [5, 5.41) is 16.1. The van der Waals surface area contributed by atoms with Gasteiger partial charge >= 0.3 is 0 Å². The van der Waals surface area contributed by atoms with Crippen LogP contribution in [0.4, 0.5) is 10.3 Å². The number of fused-ring (bicyclic) bond motifs is 2. The van der Waals surface area contributed by atoms with Crippen LogP contribution in [0.25, 0.3) is 20.4 Å². The molecule has 0 aliphatic rings. The maximum atomic E-state index is 12.7. The molecule has 3 aromatic carbocycles. The number of aromatic nitrogens is 2. The van der Waals surface area contributed by atoms with Gasteiger partial charge in [0, 0.05) is 11.1 Å². The van der Waals surface area contributed by atoms with Crippen LogP contribution in [0, 0.1) is 0 Å². The molecule has 0 radical (unpaired) electrons. The molecule has 2 amide bonds. The van der Waals surface area contributed by atoms with Gasteiger partial charge in [-0.1, -0.05) is 22.7 Å². The van der Waals surface area contributed by atoms with Gasteiger partial charge in [-0.15, -0.1) is 0 Å². The fourth-order valence-electron chi connectivity index (χ4n) is 3.38. The molecule has 5 aromatic rings. The van der Waals surface area contributed by atoms with Crippen LogP contribution < -0.4 is 20.9 Å². The number of primary sulfonamides is 2. The van der Waals surface area contributed by atoms with Gasteiger partial charge in [-0.3, -0.25) is 20.2 Å². The van der Waals surface area contributed by atoms with Crippen LogP contribution in [0.1, 0.15) is 20.7 Å². The monoisotopic (exact) mass is 588 g/mol. The predicted molar refractivity (Wildman–Crippen MR) is 144 cm³/mol. The van der Waals surface area contributed by atoms with Gasteiger partial charge in [0.1, 0.15) is 0 Å². The van der Waals surface area contributed by atoms with Crippen molar-refractivity contribution in [2.24, 2.45) is 10.3 Å². The van der Waals surface area contributed by atoms with Crippen molar-refractivity contribution in [2.45, 2.75) is 9.79 Å². The third-order valence-electron chi connectivity index (χ3n) is 5.23. The molecular weight excluding hydrogens is 573 g/mol. The van der Waals surface area contributed by atoms with Crippen molar-refractivity contribution in [1.82, 2.24) is 9.97 Å². The minimum atomic E-state index is -3.87. The highest BCUT2D eigenvalue weighted by Crippen LogP contribution is 2.29. The Balaban J connectivity index is 1.27. The zero-order valence-electron chi connectivity index (χ0n) is 18.9. The molecule has 0 bridgehead atoms. The SMILES string of the molecule is NS(=O)(=O)c1ccc2nc(NC(=O)c3ccc(C(=O)Nc4nc5ccc(S(N)(=O)=O)cc5s4)cc3)sc2c1. The number of carbonyl (C=O) groups excluding carboxylic acids is 2. The predicted octanol–water partition coefficient (Wildman–Crippen LogP) is 2.71. The topological polar surface area (TPSA) is 204 Å². The smallest absolute Gasteiger partial charge is 0.257 e. The Hall–Kier alpha value is -3.80. The highest BCUT2D eigenvalue weighted by Gasteiger charge is 2.16. The normalized spacial score (nSPS) is 12.1. The summed E-state index contributed by atoms with van der Waals surface area (Å²) in [7, 11) is -7.73. The van der Waals surface area contributed by atoms with Crippen molar-refractivity contribution in [1.29, 1.82) is 0 Å². The molecule has 2 heterocycles. The first-order valence-electron chi connectivity index (χ1n) is 10.5. The lowest BCUT2D eigenvalue weighted by Gasteiger charge is -2.04. The lowest BCUT2D eigenvalue weighted by Crippen LogP contribution is -2.14. The fraction of sp³-hybridized carbons (Fsp3) is 0. The van der Waals surface area contributed by atoms with E-state index < -0.39 is 31.9 Å². The van der Waals surface area contributed by atoms with E-state index in [-0.39, 0.29) is 31.2 Å². The average Bonchev–Trinajstić information content (AvgIpc) is 3.44. The summed E-state index contributed by atoms with van der Waals surface area (Å²) in [5.41, 5.74) is 1.53. The second-order valence-corrected chi connectivity index (χ2v) is 13.1. The summed E-state index contributed by atoms with van der Waals surface area (Å²) in [5.74, 6) is -0.945. The van der Waals surface area contributed by atoms with Crippen molar-refractivity contribution < 1.29 is 26.4 Å². The van der Waals surface area contributed by atoms with Gasteiger partial charge in [-0.2, -0.15) is 0 Å². The summed E-state index contributed by atoms with van der Waals surface area (Å²) in [4.78, 5) is 33.8. The van der Waals surface area contributed by atoms with Crippen LogP contribution in [0.15, 0.2) is 70.5 Å². The largest absolute Gasteiger partial charge is 0.298 e. The number of nitrogens with two attached hydrogens (primary N) is 2. The summed E-state index contributed by atoms with van der Waals surface area (Å²) in [6.07, 6.45) is 0. The first-order valence-corrected chi connectivity index (χ1v) is 15.2. The third-order valence-corrected chi connectivity index (χ3v) is 8.92. The van der Waals surface area contributed by atoms with Gasteiger partial charge < -0.3 is 0 Å². The maximum absolute atomic E-state index is 12.7. The molecule has 12 nitrogen and oxygen atoms in total. The number of nitrogens with zero attached hydrogens (tertiary/aromatic N) is 2. The molecule has 0 saturated heterocycles. The van der Waals surface area contributed by atoms with Gasteiger partial charge in [0.05, 0.1) is 30.2 Å². The lowest BCUT2D eigenvalue weighted by molar-refractivity contribution is 0.101. The minimum absolute atomic E-state index is 0.0560. The zero-order valence-corrected chi connectivity index (χ0v) is 22.2. The van der Waals surface area contributed by atoms with Crippen LogP contribution in [0.3, 0.4) is 0 Å². The molecule has 0 fully saturated rings. The minimum Gasteiger partial charge on any atom is -0.298 e. The maximum Gasteiger partial charge on any atom is 0.257 e. The highest BCUT2D eigenvalue weighted by atomic mass is 32.2. The van der Waals surface area contributed by atoms with Gasteiger partial charge in [-0.05, 0) is 60.7 Å². The van der Waals surface area contributed by atoms with Crippen LogP contribution in [0.2, 0.25) is 0 Å². The van der Waals surface area contributed by atoms with Gasteiger partial charge in [0.25, 0.3) is 11.8 Å². The number of hydrogen-bond donors (Lipinski definition) is 4. The van der Waals surface area contributed by atoms with Crippen LogP contribution in [0.5, 0.6) is 0 Å². The highest BCUT2D eigenvalue weighted by molar-refractivity contribution is 7.89. The Morgan fingerprint density at radius 2 is 1.00 bits per heavy atom. The molecule has 0 atom stereocenters. The van der Waals surface area contributed by atoms with E-state index in [1.165, 1.54) is 60.7 Å². The van der Waals surface area contributed by atoms with Crippen molar-refractivity contribution in [3.63, 3.8) is 0 Å². The van der Waals surface area contributed by atoms with Crippen molar-refractivity contribution in [2.75, 3.05) is 10.6 Å². The second-order valence-electron chi connectivity index (χ2n) is 7.87. The Bertz CT molecular complexity index is 1820. The summed E-state index contributed by atoms with van der Waals surface area (Å²) >= 11 is 2.18. The average molecular weight is 589 g/mol. The Morgan fingerprint density at radius 1 is 0.632 bits per heavy atom. The standard InChI is InChI=1S/C22H16N6O6S4/c23-37(31,32)13-5-7-15-17(9-13)35-21(25-15)27-19(29)11-1-2-12(4-3-11)20(30)28-22-26-16-8-6-14(38(24,33)34)10-18(16)36-22/h1-10H,(H2,23,31,32)(H2,24,33,34)(H,25,27,29)(H,26,28,30). The number of carbonyl (C=O) groups is 2. The van der Waals surface area contributed by atoms with Crippen molar-refractivity contribution in [3.8, 4) is 0 Å². The number of nitrogens with one attached hydrogen (secondary N) is 2. The van der Waals surface area contributed by atoms with E-state index in [4.69, 9.17) is 10.3 Å². The number of anilines is 2. The number of rotatable bonds is 6. The van der Waals surface area contributed by atoms with Crippen molar-refractivity contribution >= 4 is 85.2 Å². The Morgan fingerprint density at radius 3 is 1.34 bits per heavy atom. The molecule has 0 saturated carbocycles. The molecule has 38 heavy (non-hydrogen) atoms. The Kier molecular flexibility index (Phi) is 6.46. The molecule has 194 valence electrons. The van der Waals surface area contributed by atoms with E-state index in [9.17, 15) is 26.4 Å². The van der Waals surface area contributed by atoms with E-state index in [0.29, 0.717) is 20.4 Å². The molecule has 0 spiro atoms. The first kappa shape index (κ1) is 25.8. The van der Waals surface area contributed by atoms with E-state index in [0.717, 1.165) is 22.7 Å². The van der Waals surface area contributed by atoms with Gasteiger partial charge in [-0.25, -0.2) is 37.1 Å². The second kappa shape index (κ2) is 9.50. The molecule has 16 heteroatoms. The van der Waals surface area contributed by atoms with E-state index in [1.54, 1.807) is 0 Å². The van der Waals surface area contributed by atoms with Gasteiger partial charge in [0.15, 0.2) is 10.3 Å². The molecule has 0 aliphatic carbocycles. The lowest BCUT2D eigenvalue weighted by atomic mass is 10.1. The molecule has 0 unspecified atom stereocenters. The van der Waals surface area contributed by atoms with Crippen LogP contribution in [-0.4, -0.2) is 38.6 Å². The summed E-state index contributed by atoms with van der Waals surface area (Å²) in [6.45, 7) is 0. The molecule has 5 rings (SSSR count). The fourth-order valence-corrected chi connectivity index (χ4v) is 6.41. The number of hydrogen-bond acceptors (Lipinski definition) is 10. The summed E-state index contributed by atoms with van der Waals surface area (Å²) < 4.78 is 47.3. The van der Waals surface area contributed by atoms with Crippen molar-refractivity contribution in [3.05, 3.63) is 71.8 Å².